The van der Waals surface area contributed by atoms with Gasteiger partial charge in [0.1, 0.15) is 5.25 Å². The molecule has 1 amide bonds. The van der Waals surface area contributed by atoms with Crippen LogP contribution < -0.4 is 5.32 Å². The Morgan fingerprint density at radius 3 is 2.04 bits per heavy atom. The van der Waals surface area contributed by atoms with Crippen molar-refractivity contribution in [1.29, 1.82) is 0 Å². The van der Waals surface area contributed by atoms with E-state index in [1.54, 1.807) is 54.6 Å². The molecule has 0 heterocycles. The fraction of sp³-hybridized carbons (Fsp3) is 0.316. The van der Waals surface area contributed by atoms with E-state index >= 15 is 0 Å². The molecule has 0 aliphatic rings. The van der Waals surface area contributed by atoms with Crippen LogP contribution >= 0.6 is 0 Å². The fourth-order valence-corrected chi connectivity index (χ4v) is 4.18. The summed E-state index contributed by atoms with van der Waals surface area (Å²) in [6.45, 7) is 3.97. The predicted molar refractivity (Wildman–Crippen MR) is 95.3 cm³/mol. The normalized spacial score (nSPS) is 12.8. The third-order valence-corrected chi connectivity index (χ3v) is 5.81. The van der Waals surface area contributed by atoms with Crippen molar-refractivity contribution in [1.82, 2.24) is 5.32 Å². The van der Waals surface area contributed by atoms with Gasteiger partial charge in [0.25, 0.3) is 0 Å². The fourth-order valence-electron chi connectivity index (χ4n) is 2.50. The molecule has 4 nitrogen and oxygen atoms in total. The predicted octanol–water partition coefficient (Wildman–Crippen LogP) is 3.36. The zero-order valence-corrected chi connectivity index (χ0v) is 14.8. The molecule has 0 aliphatic carbocycles. The van der Waals surface area contributed by atoms with Crippen LogP contribution in [-0.4, -0.2) is 20.9 Å². The van der Waals surface area contributed by atoms with E-state index in [9.17, 15) is 13.2 Å². The highest BCUT2D eigenvalue weighted by Crippen LogP contribution is 2.28. The molecule has 2 rings (SSSR count). The smallest absolute Gasteiger partial charge is 0.220 e. The van der Waals surface area contributed by atoms with Crippen LogP contribution in [0.15, 0.2) is 65.6 Å². The van der Waals surface area contributed by atoms with E-state index in [2.05, 4.69) is 5.32 Å². The molecular weight excluding hydrogens is 322 g/mol. The molecule has 0 spiro atoms. The average Bonchev–Trinajstić information content (AvgIpc) is 2.56. The highest BCUT2D eigenvalue weighted by atomic mass is 32.2. The van der Waals surface area contributed by atoms with E-state index in [1.807, 2.05) is 19.9 Å². The number of hydrogen-bond acceptors (Lipinski definition) is 3. The highest BCUT2D eigenvalue weighted by molar-refractivity contribution is 7.91. The summed E-state index contributed by atoms with van der Waals surface area (Å²) in [5.41, 5.74) is 0.672. The molecule has 2 aromatic carbocycles. The summed E-state index contributed by atoms with van der Waals surface area (Å²) in [5.74, 6) is 0.0973. The van der Waals surface area contributed by atoms with E-state index in [0.717, 1.165) is 0 Å². The Bertz CT molecular complexity index is 756. The van der Waals surface area contributed by atoms with Crippen molar-refractivity contribution in [2.24, 2.45) is 5.92 Å². The lowest BCUT2D eigenvalue weighted by atomic mass is 10.1. The van der Waals surface area contributed by atoms with Gasteiger partial charge < -0.3 is 5.32 Å². The van der Waals surface area contributed by atoms with Gasteiger partial charge in [0.15, 0.2) is 9.84 Å². The summed E-state index contributed by atoms with van der Waals surface area (Å²) in [6.07, 6.45) is 0.382. The van der Waals surface area contributed by atoms with Crippen molar-refractivity contribution >= 4 is 15.7 Å². The molecule has 0 unspecified atom stereocenters. The van der Waals surface area contributed by atoms with Gasteiger partial charge in [-0.2, -0.15) is 0 Å². The van der Waals surface area contributed by atoms with Crippen molar-refractivity contribution < 1.29 is 13.2 Å². The van der Waals surface area contributed by atoms with Gasteiger partial charge in [-0.3, -0.25) is 4.79 Å². The molecule has 2 aromatic rings. The maximum atomic E-state index is 13.0. The van der Waals surface area contributed by atoms with E-state index in [1.165, 1.54) is 0 Å². The van der Waals surface area contributed by atoms with Crippen LogP contribution in [0, 0.1) is 5.92 Å². The van der Waals surface area contributed by atoms with E-state index in [4.69, 9.17) is 0 Å². The van der Waals surface area contributed by atoms with E-state index in [0.29, 0.717) is 12.0 Å². The lowest BCUT2D eigenvalue weighted by Crippen LogP contribution is -2.32. The second kappa shape index (κ2) is 8.11. The maximum Gasteiger partial charge on any atom is 0.220 e. The number of sulfone groups is 1. The topological polar surface area (TPSA) is 63.2 Å². The van der Waals surface area contributed by atoms with Crippen LogP contribution in [0.5, 0.6) is 0 Å². The third-order valence-electron chi connectivity index (χ3n) is 3.70. The van der Waals surface area contributed by atoms with Crippen LogP contribution in [-0.2, 0) is 14.6 Å². The Hall–Kier alpha value is -2.14. The minimum absolute atomic E-state index is 0.0623. The number of nitrogens with one attached hydrogen (secondary N) is 1. The standard InChI is InChI=1S/C19H23NO3S/c1-15(2)13-19(21)20-14-18(16-9-5-3-6-10-16)24(22,23)17-11-7-4-8-12-17/h3-12,15,18H,13-14H2,1-2H3,(H,20,21)/t18-/m1/s1. The summed E-state index contributed by atoms with van der Waals surface area (Å²) in [4.78, 5) is 12.2. The third kappa shape index (κ3) is 4.68. The second-order valence-electron chi connectivity index (χ2n) is 6.16. The first-order valence-corrected chi connectivity index (χ1v) is 9.56. The van der Waals surface area contributed by atoms with Crippen LogP contribution in [0.4, 0.5) is 0 Å². The average molecular weight is 345 g/mol. The number of rotatable bonds is 7. The van der Waals surface area contributed by atoms with Crippen molar-refractivity contribution in [2.45, 2.75) is 30.4 Å². The molecule has 0 fully saturated rings. The number of amides is 1. The Labute approximate surface area is 143 Å². The largest absolute Gasteiger partial charge is 0.354 e. The molecule has 0 saturated carbocycles. The molecule has 1 atom stereocenters. The van der Waals surface area contributed by atoms with Gasteiger partial charge in [0, 0.05) is 13.0 Å². The molecule has 0 bridgehead atoms. The van der Waals surface area contributed by atoms with Crippen LogP contribution in [0.3, 0.4) is 0 Å². The SMILES string of the molecule is CC(C)CC(=O)NC[C@H](c1ccccc1)S(=O)(=O)c1ccccc1. The number of hydrogen-bond donors (Lipinski definition) is 1. The summed E-state index contributed by atoms with van der Waals surface area (Å²) in [6, 6.07) is 17.4. The monoisotopic (exact) mass is 345 g/mol. The zero-order valence-electron chi connectivity index (χ0n) is 14.0. The minimum atomic E-state index is -3.59. The first-order chi connectivity index (χ1) is 11.4. The van der Waals surface area contributed by atoms with Gasteiger partial charge >= 0.3 is 0 Å². The van der Waals surface area contributed by atoms with E-state index in [-0.39, 0.29) is 23.3 Å². The summed E-state index contributed by atoms with van der Waals surface area (Å²) >= 11 is 0. The molecule has 0 radical (unpaired) electrons. The molecule has 0 aromatic heterocycles. The molecule has 0 aliphatic heterocycles. The number of benzene rings is 2. The van der Waals surface area contributed by atoms with Crippen molar-refractivity contribution in [3.8, 4) is 0 Å². The van der Waals surface area contributed by atoms with Crippen molar-refractivity contribution in [3.05, 3.63) is 66.2 Å². The number of carbonyl (C=O) groups excluding carboxylic acids is 1. The Balaban J connectivity index is 2.29. The first-order valence-electron chi connectivity index (χ1n) is 8.02. The minimum Gasteiger partial charge on any atom is -0.354 e. The molecular formula is C19H23NO3S. The Morgan fingerprint density at radius 1 is 0.958 bits per heavy atom. The molecule has 5 heteroatoms. The van der Waals surface area contributed by atoms with Crippen molar-refractivity contribution in [3.63, 3.8) is 0 Å². The van der Waals surface area contributed by atoms with Gasteiger partial charge in [-0.05, 0) is 23.6 Å². The Morgan fingerprint density at radius 2 is 1.50 bits per heavy atom. The zero-order chi connectivity index (χ0) is 17.6. The van der Waals surface area contributed by atoms with E-state index < -0.39 is 15.1 Å². The molecule has 24 heavy (non-hydrogen) atoms. The van der Waals surface area contributed by atoms with Crippen LogP contribution in [0.25, 0.3) is 0 Å². The second-order valence-corrected chi connectivity index (χ2v) is 8.29. The van der Waals surface area contributed by atoms with Gasteiger partial charge in [0.2, 0.25) is 5.91 Å². The summed E-state index contributed by atoms with van der Waals surface area (Å²) in [7, 11) is -3.59. The first kappa shape index (κ1) is 18.2. The van der Waals surface area contributed by atoms with Gasteiger partial charge in [-0.1, -0.05) is 62.4 Å². The number of carbonyl (C=O) groups is 1. The van der Waals surface area contributed by atoms with Crippen LogP contribution in [0.2, 0.25) is 0 Å². The molecule has 0 saturated heterocycles. The van der Waals surface area contributed by atoms with Crippen molar-refractivity contribution in [2.75, 3.05) is 6.54 Å². The summed E-state index contributed by atoms with van der Waals surface area (Å²) in [5, 5.41) is 1.96. The van der Waals surface area contributed by atoms with Crippen LogP contribution in [0.1, 0.15) is 31.1 Å². The summed E-state index contributed by atoms with van der Waals surface area (Å²) < 4.78 is 26.0. The molecule has 1 N–H and O–H groups in total. The van der Waals surface area contributed by atoms with Gasteiger partial charge in [-0.15, -0.1) is 0 Å². The Kier molecular flexibility index (Phi) is 6.15. The van der Waals surface area contributed by atoms with Gasteiger partial charge in [0.05, 0.1) is 4.90 Å². The highest BCUT2D eigenvalue weighted by Gasteiger charge is 2.29. The lowest BCUT2D eigenvalue weighted by molar-refractivity contribution is -0.121. The van der Waals surface area contributed by atoms with Gasteiger partial charge in [-0.25, -0.2) is 8.42 Å². The quantitative estimate of drug-likeness (QED) is 0.837. The lowest BCUT2D eigenvalue weighted by Gasteiger charge is -2.19. The maximum absolute atomic E-state index is 13.0. The molecule has 128 valence electrons.